The van der Waals surface area contributed by atoms with Crippen LogP contribution in [0.15, 0.2) is 52.0 Å². The molecule has 0 spiro atoms. The molecule has 2 N–H and O–H groups in total. The van der Waals surface area contributed by atoms with Crippen molar-refractivity contribution in [3.05, 3.63) is 53.8 Å². The molecule has 7 heteroatoms. The summed E-state index contributed by atoms with van der Waals surface area (Å²) in [4.78, 5) is 10.7. The van der Waals surface area contributed by atoms with Gasteiger partial charge in [0.25, 0.3) is 10.0 Å². The van der Waals surface area contributed by atoms with Crippen LogP contribution in [0.2, 0.25) is 0 Å². The molecule has 0 radical (unpaired) electrons. The van der Waals surface area contributed by atoms with Gasteiger partial charge in [0.1, 0.15) is 0 Å². The Bertz CT molecular complexity index is 721. The van der Waals surface area contributed by atoms with Crippen molar-refractivity contribution in [2.75, 3.05) is 0 Å². The first-order chi connectivity index (χ1) is 9.94. The second kappa shape index (κ2) is 6.11. The second-order valence-corrected chi connectivity index (χ2v) is 6.06. The summed E-state index contributed by atoms with van der Waals surface area (Å²) in [6.07, 6.45) is 0.551. The highest BCUT2D eigenvalue weighted by molar-refractivity contribution is 7.89. The van der Waals surface area contributed by atoms with Crippen molar-refractivity contribution >= 4 is 16.0 Å². The Balaban J connectivity index is 2.25. The molecule has 1 aromatic carbocycles. The van der Waals surface area contributed by atoms with Gasteiger partial charge >= 0.3 is 5.97 Å². The van der Waals surface area contributed by atoms with Crippen molar-refractivity contribution in [3.8, 4) is 0 Å². The van der Waals surface area contributed by atoms with E-state index >= 15 is 0 Å². The van der Waals surface area contributed by atoms with E-state index in [4.69, 9.17) is 9.52 Å². The van der Waals surface area contributed by atoms with E-state index in [-0.39, 0.29) is 0 Å². The first-order valence-corrected chi connectivity index (χ1v) is 7.82. The maximum absolute atomic E-state index is 12.2. The van der Waals surface area contributed by atoms with Crippen molar-refractivity contribution < 1.29 is 22.7 Å². The topological polar surface area (TPSA) is 96.6 Å². The molecule has 0 amide bonds. The number of carboxylic acid groups (broad SMARTS) is 1. The van der Waals surface area contributed by atoms with Crippen molar-refractivity contribution in [2.45, 2.75) is 24.5 Å². The highest BCUT2D eigenvalue weighted by atomic mass is 32.2. The standard InChI is InChI=1S/C14H15NO5S/c1-2-11(10-6-4-3-5-7-10)15-21(18,19)13-9-8-12(20-13)14(16)17/h3-9,11,15H,2H2,1H3,(H,16,17). The summed E-state index contributed by atoms with van der Waals surface area (Å²) in [5.74, 6) is -1.73. The number of aromatic carboxylic acids is 1. The first-order valence-electron chi connectivity index (χ1n) is 6.34. The molecule has 0 saturated carbocycles. The molecule has 2 aromatic rings. The smallest absolute Gasteiger partial charge is 0.371 e. The zero-order valence-corrected chi connectivity index (χ0v) is 12.1. The number of carbonyl (C=O) groups is 1. The molecule has 0 aliphatic heterocycles. The van der Waals surface area contributed by atoms with E-state index in [1.54, 1.807) is 0 Å². The zero-order chi connectivity index (χ0) is 15.5. The van der Waals surface area contributed by atoms with E-state index in [9.17, 15) is 13.2 Å². The van der Waals surface area contributed by atoms with Gasteiger partial charge in [0.2, 0.25) is 10.9 Å². The molecule has 0 bridgehead atoms. The van der Waals surface area contributed by atoms with Crippen LogP contribution in [0, 0.1) is 0 Å². The average molecular weight is 309 g/mol. The Kier molecular flexibility index (Phi) is 4.44. The third kappa shape index (κ3) is 3.50. The Hall–Kier alpha value is -2.12. The fourth-order valence-corrected chi connectivity index (χ4v) is 3.14. The Morgan fingerprint density at radius 1 is 1.24 bits per heavy atom. The molecule has 1 aromatic heterocycles. The number of rotatable bonds is 6. The molecule has 1 unspecified atom stereocenters. The van der Waals surface area contributed by atoms with Crippen LogP contribution in [0.1, 0.15) is 35.5 Å². The molecule has 1 heterocycles. The Labute approximate surface area is 122 Å². The fraction of sp³-hybridized carbons (Fsp3) is 0.214. The highest BCUT2D eigenvalue weighted by Crippen LogP contribution is 2.21. The third-order valence-corrected chi connectivity index (χ3v) is 4.31. The number of hydrogen-bond donors (Lipinski definition) is 2. The van der Waals surface area contributed by atoms with Crippen molar-refractivity contribution in [3.63, 3.8) is 0 Å². The maximum atomic E-state index is 12.2. The maximum Gasteiger partial charge on any atom is 0.371 e. The van der Waals surface area contributed by atoms with Gasteiger partial charge in [0.15, 0.2) is 0 Å². The minimum Gasteiger partial charge on any atom is -0.475 e. The molecule has 21 heavy (non-hydrogen) atoms. The molecule has 112 valence electrons. The minimum atomic E-state index is -3.91. The lowest BCUT2D eigenvalue weighted by Crippen LogP contribution is -2.28. The largest absolute Gasteiger partial charge is 0.475 e. The van der Waals surface area contributed by atoms with Gasteiger partial charge in [0.05, 0.1) is 0 Å². The SMILES string of the molecule is CCC(NS(=O)(=O)c1ccc(C(=O)O)o1)c1ccccc1. The number of hydrogen-bond acceptors (Lipinski definition) is 4. The fourth-order valence-electron chi connectivity index (χ4n) is 1.90. The number of furan rings is 1. The summed E-state index contributed by atoms with van der Waals surface area (Å²) in [5.41, 5.74) is 0.827. The molecule has 0 aliphatic rings. The van der Waals surface area contributed by atoms with E-state index < -0.39 is 32.9 Å². The van der Waals surface area contributed by atoms with Crippen LogP contribution in [0.25, 0.3) is 0 Å². The predicted molar refractivity (Wildman–Crippen MR) is 75.5 cm³/mol. The molecule has 0 fully saturated rings. The monoisotopic (exact) mass is 309 g/mol. The van der Waals surface area contributed by atoms with Gasteiger partial charge in [-0.25, -0.2) is 17.9 Å². The van der Waals surface area contributed by atoms with Crippen molar-refractivity contribution in [2.24, 2.45) is 0 Å². The summed E-state index contributed by atoms with van der Waals surface area (Å²) in [5, 5.41) is 8.35. The zero-order valence-electron chi connectivity index (χ0n) is 11.3. The quantitative estimate of drug-likeness (QED) is 0.854. The summed E-state index contributed by atoms with van der Waals surface area (Å²) in [6, 6.07) is 11.0. The summed E-state index contributed by atoms with van der Waals surface area (Å²) >= 11 is 0. The van der Waals surface area contributed by atoms with E-state index in [2.05, 4.69) is 4.72 Å². The summed E-state index contributed by atoms with van der Waals surface area (Å²) < 4.78 is 31.8. The van der Waals surface area contributed by atoms with Gasteiger partial charge in [-0.3, -0.25) is 0 Å². The Morgan fingerprint density at radius 3 is 2.43 bits per heavy atom. The van der Waals surface area contributed by atoms with Crippen molar-refractivity contribution in [1.29, 1.82) is 0 Å². The highest BCUT2D eigenvalue weighted by Gasteiger charge is 2.24. The molecule has 0 saturated heterocycles. The lowest BCUT2D eigenvalue weighted by molar-refractivity contribution is 0.0656. The number of sulfonamides is 1. The Morgan fingerprint density at radius 2 is 1.90 bits per heavy atom. The van der Waals surface area contributed by atoms with Crippen molar-refractivity contribution in [1.82, 2.24) is 4.72 Å². The van der Waals surface area contributed by atoms with E-state index in [1.165, 1.54) is 0 Å². The van der Waals surface area contributed by atoms with Crippen LogP contribution >= 0.6 is 0 Å². The van der Waals surface area contributed by atoms with E-state index in [0.717, 1.165) is 17.7 Å². The average Bonchev–Trinajstić information content (AvgIpc) is 2.96. The normalized spacial score (nSPS) is 13.0. The van der Waals surface area contributed by atoms with E-state index in [0.29, 0.717) is 6.42 Å². The van der Waals surface area contributed by atoms with Crippen LogP contribution < -0.4 is 4.72 Å². The summed E-state index contributed by atoms with van der Waals surface area (Å²) in [7, 11) is -3.91. The van der Waals surface area contributed by atoms with Crippen LogP contribution in [-0.4, -0.2) is 19.5 Å². The number of benzene rings is 1. The van der Waals surface area contributed by atoms with Crippen LogP contribution in [0.5, 0.6) is 0 Å². The van der Waals surface area contributed by atoms with Gasteiger partial charge in [0, 0.05) is 6.04 Å². The predicted octanol–water partition coefficient (Wildman–Crippen LogP) is 2.41. The van der Waals surface area contributed by atoms with E-state index in [1.807, 2.05) is 37.3 Å². The third-order valence-electron chi connectivity index (χ3n) is 2.96. The van der Waals surface area contributed by atoms with Gasteiger partial charge < -0.3 is 9.52 Å². The lowest BCUT2D eigenvalue weighted by atomic mass is 10.1. The van der Waals surface area contributed by atoms with Gasteiger partial charge in [-0.1, -0.05) is 37.3 Å². The molecular formula is C14H15NO5S. The second-order valence-electron chi connectivity index (χ2n) is 4.42. The van der Waals surface area contributed by atoms with Gasteiger partial charge in [-0.05, 0) is 24.1 Å². The number of nitrogens with one attached hydrogen (secondary N) is 1. The minimum absolute atomic E-state index is 0.408. The summed E-state index contributed by atoms with van der Waals surface area (Å²) in [6.45, 7) is 1.85. The molecule has 6 nitrogen and oxygen atoms in total. The molecule has 1 atom stereocenters. The van der Waals surface area contributed by atoms with Crippen LogP contribution in [-0.2, 0) is 10.0 Å². The molecule has 0 aliphatic carbocycles. The molecule has 2 rings (SSSR count). The van der Waals surface area contributed by atoms with Gasteiger partial charge in [-0.2, -0.15) is 0 Å². The first kappa shape index (κ1) is 15.3. The van der Waals surface area contributed by atoms with Crippen LogP contribution in [0.4, 0.5) is 0 Å². The molecular weight excluding hydrogens is 294 g/mol. The number of carboxylic acids is 1. The lowest BCUT2D eigenvalue weighted by Gasteiger charge is -2.16. The van der Waals surface area contributed by atoms with Crippen LogP contribution in [0.3, 0.4) is 0 Å². The van der Waals surface area contributed by atoms with Gasteiger partial charge in [-0.15, -0.1) is 0 Å².